The number of carbonyl (C=O) groups excluding carboxylic acids is 1. The van der Waals surface area contributed by atoms with Gasteiger partial charge in [-0.15, -0.1) is 0 Å². The Balaban J connectivity index is 4.38. The summed E-state index contributed by atoms with van der Waals surface area (Å²) in [6.07, 6.45) is 1.69. The van der Waals surface area contributed by atoms with Crippen LogP contribution in [-0.4, -0.2) is 45.9 Å². The molecular weight excluding hydrogens is 244 g/mol. The van der Waals surface area contributed by atoms with Gasteiger partial charge in [-0.2, -0.15) is 0 Å². The maximum atomic E-state index is 11.3. The van der Waals surface area contributed by atoms with Gasteiger partial charge in [-0.25, -0.2) is 13.1 Å². The number of sulfonamides is 1. The smallest absolute Gasteiger partial charge is 0.322 e. The molecule has 0 radical (unpaired) electrons. The number of rotatable bonds is 7. The molecule has 1 unspecified atom stereocenters. The Bertz CT molecular complexity index is 351. The Morgan fingerprint density at radius 2 is 1.94 bits per heavy atom. The molecule has 0 aliphatic rings. The Morgan fingerprint density at radius 3 is 2.29 bits per heavy atom. The van der Waals surface area contributed by atoms with Crippen molar-refractivity contribution >= 4 is 16.0 Å². The van der Waals surface area contributed by atoms with Crippen LogP contribution in [0.3, 0.4) is 0 Å². The molecule has 102 valence electrons. The van der Waals surface area contributed by atoms with E-state index in [1.807, 2.05) is 6.92 Å². The molecular formula is C10H22N2O4S. The third kappa shape index (κ3) is 7.30. The molecule has 0 saturated heterocycles. The van der Waals surface area contributed by atoms with Crippen LogP contribution in [0, 0.1) is 0 Å². The van der Waals surface area contributed by atoms with Crippen LogP contribution < -0.4 is 10.0 Å². The van der Waals surface area contributed by atoms with E-state index in [1.165, 1.54) is 7.11 Å². The highest BCUT2D eigenvalue weighted by Gasteiger charge is 2.25. The Hall–Kier alpha value is -0.660. The van der Waals surface area contributed by atoms with Gasteiger partial charge in [0, 0.05) is 12.1 Å². The monoisotopic (exact) mass is 266 g/mol. The summed E-state index contributed by atoms with van der Waals surface area (Å²) in [6, 6.07) is -0.416. The Labute approximate surface area is 103 Å². The van der Waals surface area contributed by atoms with E-state index < -0.39 is 21.6 Å². The first-order valence-electron chi connectivity index (χ1n) is 5.41. The second-order valence-electron chi connectivity index (χ2n) is 4.62. The molecule has 0 spiro atoms. The number of esters is 1. The van der Waals surface area contributed by atoms with E-state index in [0.29, 0.717) is 13.0 Å². The molecule has 0 aliphatic heterocycles. The van der Waals surface area contributed by atoms with Crippen LogP contribution in [0.1, 0.15) is 27.2 Å². The van der Waals surface area contributed by atoms with E-state index in [0.717, 1.165) is 6.26 Å². The molecule has 6 nitrogen and oxygen atoms in total. The molecule has 0 heterocycles. The summed E-state index contributed by atoms with van der Waals surface area (Å²) >= 11 is 0. The molecule has 0 aromatic rings. The molecule has 2 N–H and O–H groups in total. The minimum atomic E-state index is -3.27. The molecule has 7 heteroatoms. The molecule has 0 fully saturated rings. The average Bonchev–Trinajstić information content (AvgIpc) is 2.14. The number of methoxy groups -OCH3 is 1. The van der Waals surface area contributed by atoms with E-state index in [9.17, 15) is 13.2 Å². The predicted octanol–water partition coefficient (Wildman–Crippen LogP) is -0.145. The second kappa shape index (κ2) is 6.32. The lowest BCUT2D eigenvalue weighted by Gasteiger charge is -2.27. The largest absolute Gasteiger partial charge is 0.468 e. The Morgan fingerprint density at radius 1 is 1.41 bits per heavy atom. The van der Waals surface area contributed by atoms with Crippen molar-refractivity contribution in [1.82, 2.24) is 10.0 Å². The summed E-state index contributed by atoms with van der Waals surface area (Å²) in [5.41, 5.74) is -0.658. The van der Waals surface area contributed by atoms with Crippen LogP contribution in [0.2, 0.25) is 0 Å². The second-order valence-corrected chi connectivity index (χ2v) is 6.37. The first-order chi connectivity index (χ1) is 7.61. The zero-order chi connectivity index (χ0) is 13.7. The summed E-state index contributed by atoms with van der Waals surface area (Å²) in [6.45, 7) is 5.68. The zero-order valence-electron chi connectivity index (χ0n) is 11.0. The van der Waals surface area contributed by atoms with Crippen LogP contribution >= 0.6 is 0 Å². The van der Waals surface area contributed by atoms with Gasteiger partial charge in [0.05, 0.1) is 13.4 Å². The van der Waals surface area contributed by atoms with Crippen molar-refractivity contribution in [2.24, 2.45) is 0 Å². The molecule has 0 aromatic carbocycles. The quantitative estimate of drug-likeness (QED) is 0.626. The van der Waals surface area contributed by atoms with Gasteiger partial charge in [-0.3, -0.25) is 4.79 Å². The first kappa shape index (κ1) is 16.3. The molecule has 0 rings (SSSR count). The molecule has 17 heavy (non-hydrogen) atoms. The van der Waals surface area contributed by atoms with Crippen molar-refractivity contribution in [2.75, 3.05) is 19.9 Å². The maximum absolute atomic E-state index is 11.3. The Kier molecular flexibility index (Phi) is 6.08. The average molecular weight is 266 g/mol. The minimum absolute atomic E-state index is 0.341. The summed E-state index contributed by atoms with van der Waals surface area (Å²) in [7, 11) is -1.94. The van der Waals surface area contributed by atoms with Gasteiger partial charge in [-0.05, 0) is 20.3 Å². The normalized spacial score (nSPS) is 14.4. The number of hydrogen-bond acceptors (Lipinski definition) is 5. The predicted molar refractivity (Wildman–Crippen MR) is 66.2 cm³/mol. The molecule has 0 bridgehead atoms. The lowest BCUT2D eigenvalue weighted by atomic mass is 10.1. The van der Waals surface area contributed by atoms with E-state index in [2.05, 4.69) is 14.8 Å². The number of hydrogen-bond donors (Lipinski definition) is 2. The third-order valence-corrected chi connectivity index (χ3v) is 3.07. The van der Waals surface area contributed by atoms with Crippen LogP contribution in [-0.2, 0) is 19.6 Å². The SMILES string of the molecule is CCC(NCC(C)(C)NS(C)(=O)=O)C(=O)OC. The highest BCUT2D eigenvalue weighted by Crippen LogP contribution is 2.04. The summed E-state index contributed by atoms with van der Waals surface area (Å²) in [4.78, 5) is 11.3. The first-order valence-corrected chi connectivity index (χ1v) is 7.30. The van der Waals surface area contributed by atoms with Crippen molar-refractivity contribution in [3.8, 4) is 0 Å². The van der Waals surface area contributed by atoms with E-state index in [1.54, 1.807) is 13.8 Å². The van der Waals surface area contributed by atoms with Gasteiger partial charge in [0.25, 0.3) is 0 Å². The van der Waals surface area contributed by atoms with Gasteiger partial charge in [0.2, 0.25) is 10.0 Å². The van der Waals surface area contributed by atoms with Crippen LogP contribution in [0.15, 0.2) is 0 Å². The van der Waals surface area contributed by atoms with E-state index >= 15 is 0 Å². The van der Waals surface area contributed by atoms with Gasteiger partial charge in [0.1, 0.15) is 6.04 Å². The fourth-order valence-electron chi connectivity index (χ4n) is 1.45. The van der Waals surface area contributed by atoms with E-state index in [-0.39, 0.29) is 5.97 Å². The number of nitrogens with one attached hydrogen (secondary N) is 2. The standard InChI is InChI=1S/C10H22N2O4S/c1-6-8(9(13)16-4)11-7-10(2,3)12-17(5,14)15/h8,11-12H,6-7H2,1-5H3. The van der Waals surface area contributed by atoms with Gasteiger partial charge >= 0.3 is 5.97 Å². The van der Waals surface area contributed by atoms with Crippen molar-refractivity contribution in [1.29, 1.82) is 0 Å². The third-order valence-electron chi connectivity index (χ3n) is 2.15. The minimum Gasteiger partial charge on any atom is -0.468 e. The highest BCUT2D eigenvalue weighted by atomic mass is 32.2. The fourth-order valence-corrected chi connectivity index (χ4v) is 2.53. The molecule has 0 saturated carbocycles. The van der Waals surface area contributed by atoms with Gasteiger partial charge in [0.15, 0.2) is 0 Å². The van der Waals surface area contributed by atoms with Crippen LogP contribution in [0.25, 0.3) is 0 Å². The van der Waals surface area contributed by atoms with Crippen LogP contribution in [0.5, 0.6) is 0 Å². The van der Waals surface area contributed by atoms with Gasteiger partial charge in [-0.1, -0.05) is 6.92 Å². The maximum Gasteiger partial charge on any atom is 0.322 e. The summed E-state index contributed by atoms with van der Waals surface area (Å²) in [5.74, 6) is -0.345. The summed E-state index contributed by atoms with van der Waals surface area (Å²) in [5, 5.41) is 2.98. The zero-order valence-corrected chi connectivity index (χ0v) is 11.8. The summed E-state index contributed by atoms with van der Waals surface area (Å²) < 4.78 is 29.4. The number of ether oxygens (including phenoxy) is 1. The number of carbonyl (C=O) groups is 1. The highest BCUT2D eigenvalue weighted by molar-refractivity contribution is 7.88. The lowest BCUT2D eigenvalue weighted by Crippen LogP contribution is -2.53. The van der Waals surface area contributed by atoms with E-state index in [4.69, 9.17) is 0 Å². The topological polar surface area (TPSA) is 84.5 Å². The van der Waals surface area contributed by atoms with Gasteiger partial charge < -0.3 is 10.1 Å². The lowest BCUT2D eigenvalue weighted by molar-refractivity contribution is -0.143. The molecule has 1 atom stereocenters. The molecule has 0 aromatic heterocycles. The van der Waals surface area contributed by atoms with Crippen molar-refractivity contribution in [3.05, 3.63) is 0 Å². The molecule has 0 aliphatic carbocycles. The van der Waals surface area contributed by atoms with Crippen LogP contribution in [0.4, 0.5) is 0 Å². The van der Waals surface area contributed by atoms with Crippen molar-refractivity contribution < 1.29 is 17.9 Å². The molecule has 0 amide bonds. The fraction of sp³-hybridized carbons (Fsp3) is 0.900. The van der Waals surface area contributed by atoms with Crippen molar-refractivity contribution in [3.63, 3.8) is 0 Å². The van der Waals surface area contributed by atoms with Crippen molar-refractivity contribution in [2.45, 2.75) is 38.8 Å².